The topological polar surface area (TPSA) is 48.1 Å². The molecule has 0 saturated carbocycles. The molecule has 1 aliphatic heterocycles. The summed E-state index contributed by atoms with van der Waals surface area (Å²) in [6.07, 6.45) is 0. The number of nitrogens with zero attached hydrogens (tertiary/aromatic N) is 1. The highest BCUT2D eigenvalue weighted by atomic mass is 35.5. The molecule has 0 atom stereocenters. The van der Waals surface area contributed by atoms with Crippen LogP contribution in [0.2, 0.25) is 5.02 Å². The maximum atomic E-state index is 12.2. The Labute approximate surface area is 145 Å². The van der Waals surface area contributed by atoms with Gasteiger partial charge in [0.05, 0.1) is 5.56 Å². The predicted molar refractivity (Wildman–Crippen MR) is 97.3 cm³/mol. The molecule has 5 heteroatoms. The van der Waals surface area contributed by atoms with Gasteiger partial charge in [0, 0.05) is 45.8 Å². The molecule has 0 spiro atoms. The van der Waals surface area contributed by atoms with Gasteiger partial charge in [0.15, 0.2) is 0 Å². The van der Waals surface area contributed by atoms with Crippen LogP contribution in [0.15, 0.2) is 36.4 Å². The van der Waals surface area contributed by atoms with Gasteiger partial charge in [-0.3, -0.25) is 4.79 Å². The maximum absolute atomic E-state index is 12.2. The Morgan fingerprint density at radius 2 is 2.00 bits per heavy atom. The molecule has 1 amide bonds. The zero-order valence-electron chi connectivity index (χ0n) is 13.6. The monoisotopic (exact) mass is 339 g/mol. The summed E-state index contributed by atoms with van der Waals surface area (Å²) in [6, 6.07) is 12.3. The molecule has 3 aromatic rings. The van der Waals surface area contributed by atoms with E-state index < -0.39 is 0 Å². The molecule has 2 aromatic carbocycles. The van der Waals surface area contributed by atoms with Crippen molar-refractivity contribution >= 4 is 28.4 Å². The number of amides is 1. The minimum absolute atomic E-state index is 0.0607. The molecule has 4 nitrogen and oxygen atoms in total. The van der Waals surface area contributed by atoms with Gasteiger partial charge in [-0.1, -0.05) is 23.7 Å². The van der Waals surface area contributed by atoms with E-state index in [9.17, 15) is 4.79 Å². The highest BCUT2D eigenvalue weighted by Gasteiger charge is 2.26. The number of nitrogens with one attached hydrogen (secondary N) is 2. The average Bonchev–Trinajstić information content (AvgIpc) is 3.12. The van der Waals surface area contributed by atoms with E-state index in [2.05, 4.69) is 53.6 Å². The highest BCUT2D eigenvalue weighted by Crippen LogP contribution is 2.34. The largest absolute Gasteiger partial charge is 0.355 e. The van der Waals surface area contributed by atoms with E-state index in [-0.39, 0.29) is 5.91 Å². The Balaban J connectivity index is 1.83. The fraction of sp³-hybridized carbons (Fsp3) is 0.211. The van der Waals surface area contributed by atoms with Crippen LogP contribution in [0, 0.1) is 0 Å². The van der Waals surface area contributed by atoms with E-state index in [1.54, 1.807) is 0 Å². The van der Waals surface area contributed by atoms with Gasteiger partial charge in [-0.2, -0.15) is 0 Å². The summed E-state index contributed by atoms with van der Waals surface area (Å²) >= 11 is 6.24. The van der Waals surface area contributed by atoms with Gasteiger partial charge >= 0.3 is 0 Å². The predicted octanol–water partition coefficient (Wildman–Crippen LogP) is 3.79. The summed E-state index contributed by atoms with van der Waals surface area (Å²) < 4.78 is 0. The summed E-state index contributed by atoms with van der Waals surface area (Å²) in [5.74, 6) is -0.0607. The van der Waals surface area contributed by atoms with Crippen LogP contribution in [0.4, 0.5) is 0 Å². The highest BCUT2D eigenvalue weighted by molar-refractivity contribution is 6.32. The van der Waals surface area contributed by atoms with Gasteiger partial charge in [-0.25, -0.2) is 0 Å². The zero-order chi connectivity index (χ0) is 16.8. The second-order valence-corrected chi connectivity index (χ2v) is 6.88. The van der Waals surface area contributed by atoms with E-state index in [4.69, 9.17) is 11.6 Å². The Kier molecular flexibility index (Phi) is 3.59. The number of hydrogen-bond acceptors (Lipinski definition) is 2. The molecule has 0 aliphatic carbocycles. The van der Waals surface area contributed by atoms with Crippen LogP contribution in [-0.4, -0.2) is 29.9 Å². The zero-order valence-corrected chi connectivity index (χ0v) is 14.4. The van der Waals surface area contributed by atoms with Gasteiger partial charge in [-0.15, -0.1) is 0 Å². The molecular weight excluding hydrogens is 322 g/mol. The van der Waals surface area contributed by atoms with Crippen molar-refractivity contribution in [3.63, 3.8) is 0 Å². The third-order valence-electron chi connectivity index (χ3n) is 4.38. The Bertz CT molecular complexity index is 959. The average molecular weight is 340 g/mol. The fourth-order valence-electron chi connectivity index (χ4n) is 3.33. The van der Waals surface area contributed by atoms with Crippen molar-refractivity contribution in [1.82, 2.24) is 15.2 Å². The van der Waals surface area contributed by atoms with Crippen LogP contribution in [0.5, 0.6) is 0 Å². The fourth-order valence-corrected chi connectivity index (χ4v) is 3.55. The molecule has 0 saturated heterocycles. The molecule has 1 aromatic heterocycles. The van der Waals surface area contributed by atoms with Gasteiger partial charge in [0.2, 0.25) is 0 Å². The number of rotatable bonds is 3. The van der Waals surface area contributed by atoms with Gasteiger partial charge < -0.3 is 15.2 Å². The van der Waals surface area contributed by atoms with Crippen LogP contribution >= 0.6 is 11.6 Å². The maximum Gasteiger partial charge on any atom is 0.252 e. The number of carbonyl (C=O) groups excluding carboxylic acids is 1. The van der Waals surface area contributed by atoms with Gasteiger partial charge in [-0.05, 0) is 43.9 Å². The van der Waals surface area contributed by atoms with Crippen molar-refractivity contribution in [2.24, 2.45) is 0 Å². The molecule has 0 unspecified atom stereocenters. The van der Waals surface area contributed by atoms with E-state index >= 15 is 0 Å². The normalized spacial score (nSPS) is 13.6. The first kappa shape index (κ1) is 15.2. The third kappa shape index (κ3) is 2.48. The standard InChI is InChI=1S/C19H18ClN3O/c1-23(2)10-11-3-6-16-12(7-11)8-17(22-16)13-4-5-15(20)14-9-21-19(24)18(13)14/h3-8,22H,9-10H2,1-2H3,(H,21,24). The summed E-state index contributed by atoms with van der Waals surface area (Å²) in [6.45, 7) is 1.39. The molecule has 2 heterocycles. The van der Waals surface area contributed by atoms with Gasteiger partial charge in [0.1, 0.15) is 0 Å². The number of aromatic amines is 1. The number of benzene rings is 2. The first-order valence-corrected chi connectivity index (χ1v) is 8.27. The van der Waals surface area contributed by atoms with Crippen LogP contribution in [-0.2, 0) is 13.1 Å². The Morgan fingerprint density at radius 3 is 2.79 bits per heavy atom. The van der Waals surface area contributed by atoms with E-state index in [1.807, 2.05) is 12.1 Å². The molecule has 24 heavy (non-hydrogen) atoms. The van der Waals surface area contributed by atoms with Crippen molar-refractivity contribution in [3.8, 4) is 11.3 Å². The number of fused-ring (bicyclic) bond motifs is 2. The van der Waals surface area contributed by atoms with Gasteiger partial charge in [0.25, 0.3) is 5.91 Å². The van der Waals surface area contributed by atoms with E-state index in [1.165, 1.54) is 5.56 Å². The second kappa shape index (κ2) is 5.65. The lowest BCUT2D eigenvalue weighted by molar-refractivity contribution is 0.0966. The molecule has 0 radical (unpaired) electrons. The van der Waals surface area contributed by atoms with Crippen molar-refractivity contribution < 1.29 is 4.79 Å². The summed E-state index contributed by atoms with van der Waals surface area (Å²) in [5.41, 5.74) is 5.73. The Hall–Kier alpha value is -2.30. The first-order valence-electron chi connectivity index (χ1n) is 7.89. The molecule has 0 bridgehead atoms. The number of carbonyl (C=O) groups is 1. The summed E-state index contributed by atoms with van der Waals surface area (Å²) in [7, 11) is 4.12. The number of H-pyrrole nitrogens is 1. The SMILES string of the molecule is CN(C)Cc1ccc2[nH]c(-c3ccc(Cl)c4c3C(=O)NC4)cc2c1. The number of aromatic nitrogens is 1. The Morgan fingerprint density at radius 1 is 1.17 bits per heavy atom. The van der Waals surface area contributed by atoms with Crippen LogP contribution in [0.3, 0.4) is 0 Å². The second-order valence-electron chi connectivity index (χ2n) is 6.47. The van der Waals surface area contributed by atoms with Crippen LogP contribution in [0.1, 0.15) is 21.5 Å². The van der Waals surface area contributed by atoms with Crippen molar-refractivity contribution in [1.29, 1.82) is 0 Å². The van der Waals surface area contributed by atoms with Crippen LogP contribution in [0.25, 0.3) is 22.2 Å². The quantitative estimate of drug-likeness (QED) is 0.762. The summed E-state index contributed by atoms with van der Waals surface area (Å²) in [4.78, 5) is 17.8. The molecule has 0 fully saturated rings. The lowest BCUT2D eigenvalue weighted by Gasteiger charge is -2.09. The lowest BCUT2D eigenvalue weighted by atomic mass is 10.0. The first-order chi connectivity index (χ1) is 11.5. The van der Waals surface area contributed by atoms with E-state index in [0.29, 0.717) is 17.1 Å². The molecule has 1 aliphatic rings. The lowest BCUT2D eigenvalue weighted by Crippen LogP contribution is -2.13. The third-order valence-corrected chi connectivity index (χ3v) is 4.74. The van der Waals surface area contributed by atoms with Crippen molar-refractivity contribution in [3.05, 3.63) is 58.1 Å². The molecule has 4 rings (SSSR count). The number of halogens is 1. The minimum atomic E-state index is -0.0607. The van der Waals surface area contributed by atoms with Crippen molar-refractivity contribution in [2.45, 2.75) is 13.1 Å². The molecule has 2 N–H and O–H groups in total. The van der Waals surface area contributed by atoms with Crippen LogP contribution < -0.4 is 5.32 Å². The minimum Gasteiger partial charge on any atom is -0.355 e. The summed E-state index contributed by atoms with van der Waals surface area (Å²) in [5, 5.41) is 4.64. The molecular formula is C19H18ClN3O. The van der Waals surface area contributed by atoms with Crippen molar-refractivity contribution in [2.75, 3.05) is 14.1 Å². The molecule has 122 valence electrons. The number of hydrogen-bond donors (Lipinski definition) is 2. The van der Waals surface area contributed by atoms with E-state index in [0.717, 1.165) is 34.3 Å². The smallest absolute Gasteiger partial charge is 0.252 e.